The Morgan fingerprint density at radius 3 is 2.72 bits per heavy atom. The number of nitrogens with one attached hydrogen (secondary N) is 2. The van der Waals surface area contributed by atoms with Crippen LogP contribution >= 0.6 is 0 Å². The minimum atomic E-state index is -0.734. The summed E-state index contributed by atoms with van der Waals surface area (Å²) in [6.45, 7) is 4.27. The maximum Gasteiger partial charge on any atom is 0.324 e. The molecule has 0 aromatic heterocycles. The molecule has 1 heterocycles. The second kappa shape index (κ2) is 5.50. The first kappa shape index (κ1) is 13.1. The van der Waals surface area contributed by atoms with E-state index in [0.717, 1.165) is 13.1 Å². The predicted octanol–water partition coefficient (Wildman–Crippen LogP) is 1.23. The van der Waals surface area contributed by atoms with Crippen LogP contribution in [-0.2, 0) is 11.3 Å². The molecule has 3 N–H and O–H groups in total. The molecule has 2 rings (SSSR count). The lowest BCUT2D eigenvalue weighted by Crippen LogP contribution is -2.69. The highest BCUT2D eigenvalue weighted by atomic mass is 16.4. The molecule has 0 spiro atoms. The molecule has 98 valence electrons. The van der Waals surface area contributed by atoms with Crippen molar-refractivity contribution in [2.45, 2.75) is 25.4 Å². The van der Waals surface area contributed by atoms with Gasteiger partial charge in [-0.25, -0.2) is 0 Å². The Kier molecular flexibility index (Phi) is 3.99. The standard InChI is InChI=1S/C14H20N2O2/c1-11-9-16-14(11,13(17)18)7-8-15-10-12-5-3-2-4-6-12/h2-6,11,15-16H,7-10H2,1H3,(H,17,18). The van der Waals surface area contributed by atoms with E-state index in [4.69, 9.17) is 0 Å². The van der Waals surface area contributed by atoms with E-state index in [0.29, 0.717) is 13.0 Å². The zero-order valence-corrected chi connectivity index (χ0v) is 10.6. The van der Waals surface area contributed by atoms with Crippen molar-refractivity contribution in [3.05, 3.63) is 35.9 Å². The van der Waals surface area contributed by atoms with E-state index in [9.17, 15) is 9.90 Å². The first-order chi connectivity index (χ1) is 8.65. The van der Waals surface area contributed by atoms with Gasteiger partial charge in [0.2, 0.25) is 0 Å². The average Bonchev–Trinajstić information content (AvgIpc) is 2.37. The molecule has 18 heavy (non-hydrogen) atoms. The van der Waals surface area contributed by atoms with Gasteiger partial charge < -0.3 is 15.7 Å². The number of hydrogen-bond acceptors (Lipinski definition) is 3. The van der Waals surface area contributed by atoms with Crippen molar-refractivity contribution in [3.8, 4) is 0 Å². The van der Waals surface area contributed by atoms with Crippen LogP contribution in [0.15, 0.2) is 30.3 Å². The van der Waals surface area contributed by atoms with Gasteiger partial charge in [-0.2, -0.15) is 0 Å². The number of hydrogen-bond donors (Lipinski definition) is 3. The summed E-state index contributed by atoms with van der Waals surface area (Å²) < 4.78 is 0. The Labute approximate surface area is 107 Å². The fourth-order valence-corrected chi connectivity index (χ4v) is 2.39. The highest BCUT2D eigenvalue weighted by molar-refractivity contribution is 5.80. The molecule has 1 aliphatic heterocycles. The molecule has 1 fully saturated rings. The molecule has 1 saturated heterocycles. The molecule has 0 radical (unpaired) electrons. The van der Waals surface area contributed by atoms with Crippen LogP contribution in [0.3, 0.4) is 0 Å². The van der Waals surface area contributed by atoms with Gasteiger partial charge in [0.15, 0.2) is 0 Å². The number of carboxylic acids is 1. The van der Waals surface area contributed by atoms with Crippen LogP contribution in [0.5, 0.6) is 0 Å². The van der Waals surface area contributed by atoms with Crippen LogP contribution in [0.4, 0.5) is 0 Å². The Bertz CT molecular complexity index is 408. The van der Waals surface area contributed by atoms with Crippen LogP contribution in [0.25, 0.3) is 0 Å². The van der Waals surface area contributed by atoms with Crippen molar-refractivity contribution < 1.29 is 9.90 Å². The number of rotatable bonds is 6. The molecule has 0 aliphatic carbocycles. The Morgan fingerprint density at radius 2 is 2.22 bits per heavy atom. The van der Waals surface area contributed by atoms with Crippen LogP contribution < -0.4 is 10.6 Å². The van der Waals surface area contributed by atoms with Gasteiger partial charge in [0.05, 0.1) is 0 Å². The average molecular weight is 248 g/mol. The SMILES string of the molecule is CC1CNC1(CCNCc1ccccc1)C(=O)O. The second-order valence-electron chi connectivity index (χ2n) is 4.97. The summed E-state index contributed by atoms with van der Waals surface area (Å²) >= 11 is 0. The quantitative estimate of drug-likeness (QED) is 0.663. The molecule has 4 nitrogen and oxygen atoms in total. The Balaban J connectivity index is 1.77. The van der Waals surface area contributed by atoms with Gasteiger partial charge in [-0.1, -0.05) is 37.3 Å². The van der Waals surface area contributed by atoms with Gasteiger partial charge in [0.1, 0.15) is 5.54 Å². The largest absolute Gasteiger partial charge is 0.480 e. The van der Waals surface area contributed by atoms with Crippen molar-refractivity contribution in [3.63, 3.8) is 0 Å². The molecule has 2 atom stereocenters. The fraction of sp³-hybridized carbons (Fsp3) is 0.500. The summed E-state index contributed by atoms with van der Waals surface area (Å²) in [5.41, 5.74) is 0.500. The van der Waals surface area contributed by atoms with Gasteiger partial charge in [0.25, 0.3) is 0 Å². The third kappa shape index (κ3) is 2.54. The summed E-state index contributed by atoms with van der Waals surface area (Å²) in [5.74, 6) is -0.531. The lowest BCUT2D eigenvalue weighted by Gasteiger charge is -2.45. The highest BCUT2D eigenvalue weighted by Gasteiger charge is 2.49. The van der Waals surface area contributed by atoms with Crippen LogP contribution in [-0.4, -0.2) is 29.7 Å². The number of carbonyl (C=O) groups is 1. The van der Waals surface area contributed by atoms with Crippen LogP contribution in [0, 0.1) is 5.92 Å². The van der Waals surface area contributed by atoms with Gasteiger partial charge in [-0.05, 0) is 24.4 Å². The Morgan fingerprint density at radius 1 is 1.50 bits per heavy atom. The maximum absolute atomic E-state index is 11.3. The maximum atomic E-state index is 11.3. The van der Waals surface area contributed by atoms with Crippen molar-refractivity contribution in [1.82, 2.24) is 10.6 Å². The summed E-state index contributed by atoms with van der Waals surface area (Å²) in [6, 6.07) is 10.1. The van der Waals surface area contributed by atoms with E-state index in [2.05, 4.69) is 22.8 Å². The number of carboxylic acid groups (broad SMARTS) is 1. The molecule has 1 aliphatic rings. The molecule has 0 amide bonds. The predicted molar refractivity (Wildman–Crippen MR) is 70.3 cm³/mol. The van der Waals surface area contributed by atoms with Gasteiger partial charge in [-0.15, -0.1) is 0 Å². The van der Waals surface area contributed by atoms with Crippen LogP contribution in [0.1, 0.15) is 18.9 Å². The lowest BCUT2D eigenvalue weighted by molar-refractivity contribution is -0.152. The molecular formula is C14H20N2O2. The third-order valence-corrected chi connectivity index (χ3v) is 3.81. The summed E-state index contributed by atoms with van der Waals surface area (Å²) in [7, 11) is 0. The van der Waals surface area contributed by atoms with E-state index < -0.39 is 11.5 Å². The smallest absolute Gasteiger partial charge is 0.324 e. The minimum Gasteiger partial charge on any atom is -0.480 e. The monoisotopic (exact) mass is 248 g/mol. The summed E-state index contributed by atoms with van der Waals surface area (Å²) in [4.78, 5) is 11.3. The van der Waals surface area contributed by atoms with Gasteiger partial charge in [0, 0.05) is 13.1 Å². The second-order valence-corrected chi connectivity index (χ2v) is 4.97. The molecule has 0 saturated carbocycles. The Hall–Kier alpha value is -1.39. The molecule has 1 aromatic rings. The van der Waals surface area contributed by atoms with Crippen molar-refractivity contribution >= 4 is 5.97 Å². The van der Waals surface area contributed by atoms with Crippen molar-refractivity contribution in [1.29, 1.82) is 0 Å². The first-order valence-corrected chi connectivity index (χ1v) is 6.38. The normalized spacial score (nSPS) is 26.6. The van der Waals surface area contributed by atoms with E-state index in [1.807, 2.05) is 25.1 Å². The van der Waals surface area contributed by atoms with Crippen LogP contribution in [0.2, 0.25) is 0 Å². The van der Waals surface area contributed by atoms with E-state index in [-0.39, 0.29) is 5.92 Å². The number of benzene rings is 1. The van der Waals surface area contributed by atoms with Gasteiger partial charge >= 0.3 is 5.97 Å². The van der Waals surface area contributed by atoms with E-state index >= 15 is 0 Å². The van der Waals surface area contributed by atoms with Gasteiger partial charge in [-0.3, -0.25) is 4.79 Å². The number of aliphatic carboxylic acids is 1. The molecule has 2 unspecified atom stereocenters. The van der Waals surface area contributed by atoms with Crippen molar-refractivity contribution in [2.75, 3.05) is 13.1 Å². The molecular weight excluding hydrogens is 228 g/mol. The topological polar surface area (TPSA) is 61.4 Å². The summed E-state index contributed by atoms with van der Waals surface area (Å²) in [5, 5.41) is 15.6. The lowest BCUT2D eigenvalue weighted by atomic mass is 9.75. The minimum absolute atomic E-state index is 0.202. The fourth-order valence-electron chi connectivity index (χ4n) is 2.39. The summed E-state index contributed by atoms with van der Waals surface area (Å²) in [6.07, 6.45) is 0.621. The van der Waals surface area contributed by atoms with Crippen molar-refractivity contribution in [2.24, 2.45) is 5.92 Å². The molecule has 1 aromatic carbocycles. The zero-order valence-electron chi connectivity index (χ0n) is 10.6. The highest BCUT2D eigenvalue weighted by Crippen LogP contribution is 2.29. The first-order valence-electron chi connectivity index (χ1n) is 6.38. The van der Waals surface area contributed by atoms with E-state index in [1.54, 1.807) is 0 Å². The zero-order chi connectivity index (χ0) is 13.0. The molecule has 0 bridgehead atoms. The van der Waals surface area contributed by atoms with E-state index in [1.165, 1.54) is 5.56 Å². The molecule has 4 heteroatoms. The third-order valence-electron chi connectivity index (χ3n) is 3.81.